The molecule has 1 aromatic heterocycles. The molecule has 9 nitrogen and oxygen atoms in total. The maximum absolute atomic E-state index is 14.2. The number of hydrogen-bond acceptors (Lipinski definition) is 9. The van der Waals surface area contributed by atoms with Crippen LogP contribution in [0, 0.1) is 11.7 Å². The van der Waals surface area contributed by atoms with E-state index in [1.165, 1.54) is 13.2 Å². The maximum atomic E-state index is 14.2. The third kappa shape index (κ3) is 6.24. The Morgan fingerprint density at radius 1 is 1.12 bits per heavy atom. The van der Waals surface area contributed by atoms with Crippen molar-refractivity contribution in [2.45, 2.75) is 70.1 Å². The van der Waals surface area contributed by atoms with Crippen molar-refractivity contribution in [3.05, 3.63) is 24.0 Å². The van der Waals surface area contributed by atoms with Crippen LogP contribution in [0.4, 0.5) is 27.9 Å². The summed E-state index contributed by atoms with van der Waals surface area (Å²) < 4.78 is 19.2. The van der Waals surface area contributed by atoms with Gasteiger partial charge in [-0.15, -0.1) is 0 Å². The lowest BCUT2D eigenvalue weighted by molar-refractivity contribution is 0.0762. The summed E-state index contributed by atoms with van der Waals surface area (Å²) in [5.74, 6) is 1.05. The molecule has 0 amide bonds. The highest BCUT2D eigenvalue weighted by Gasteiger charge is 2.25. The Hall–Kier alpha value is -2.72. The van der Waals surface area contributed by atoms with Crippen LogP contribution in [-0.4, -0.2) is 58.4 Å². The predicted octanol–water partition coefficient (Wildman–Crippen LogP) is 3.67. The Balaban J connectivity index is 1.53. The van der Waals surface area contributed by atoms with Gasteiger partial charge in [-0.2, -0.15) is 15.0 Å². The largest absolute Gasteiger partial charge is 0.494 e. The molecule has 1 saturated carbocycles. The number of hydrogen-bond donors (Lipinski definition) is 5. The number of anilines is 4. The van der Waals surface area contributed by atoms with E-state index in [1.807, 2.05) is 0 Å². The van der Waals surface area contributed by atoms with Crippen LogP contribution < -0.4 is 26.0 Å². The predicted molar refractivity (Wildman–Crippen MR) is 131 cm³/mol. The van der Waals surface area contributed by atoms with Gasteiger partial charge in [0.15, 0.2) is 11.6 Å². The fraction of sp³-hybridized carbons (Fsp3) is 0.625. The molecule has 4 unspecified atom stereocenters. The number of nitrogens with one attached hydrogen (secondary N) is 4. The second kappa shape index (κ2) is 11.6. The van der Waals surface area contributed by atoms with Crippen molar-refractivity contribution < 1.29 is 14.2 Å². The molecule has 4 rings (SSSR count). The molecule has 1 aromatic carbocycles. The molecular formula is C24H36FN7O2. The van der Waals surface area contributed by atoms with Crippen LogP contribution in [0.25, 0.3) is 0 Å². The third-order valence-corrected chi connectivity index (χ3v) is 6.77. The van der Waals surface area contributed by atoms with Gasteiger partial charge in [0.05, 0.1) is 13.2 Å². The molecule has 0 spiro atoms. The summed E-state index contributed by atoms with van der Waals surface area (Å²) in [5.41, 5.74) is 0.508. The summed E-state index contributed by atoms with van der Waals surface area (Å²) in [6, 6.07) is 5.16. The Kier molecular flexibility index (Phi) is 8.34. The zero-order valence-electron chi connectivity index (χ0n) is 20.0. The van der Waals surface area contributed by atoms with Gasteiger partial charge in [0.2, 0.25) is 17.8 Å². The first-order chi connectivity index (χ1) is 16.6. The molecule has 2 aliphatic rings. The van der Waals surface area contributed by atoms with Gasteiger partial charge in [0.25, 0.3) is 0 Å². The number of aliphatic hydroxyl groups excluding tert-OH is 1. The highest BCUT2D eigenvalue weighted by atomic mass is 19.1. The van der Waals surface area contributed by atoms with Crippen molar-refractivity contribution in [3.63, 3.8) is 0 Å². The molecule has 10 heteroatoms. The van der Waals surface area contributed by atoms with Crippen LogP contribution in [0.1, 0.15) is 51.9 Å². The minimum absolute atomic E-state index is 0.167. The number of methoxy groups -OCH3 is 1. The molecule has 0 radical (unpaired) electrons. The molecule has 34 heavy (non-hydrogen) atoms. The van der Waals surface area contributed by atoms with E-state index in [-0.39, 0.29) is 23.8 Å². The molecular weight excluding hydrogens is 437 g/mol. The van der Waals surface area contributed by atoms with E-state index >= 15 is 0 Å². The van der Waals surface area contributed by atoms with Crippen molar-refractivity contribution >= 4 is 23.5 Å². The van der Waals surface area contributed by atoms with Crippen LogP contribution in [0.5, 0.6) is 5.75 Å². The smallest absolute Gasteiger partial charge is 0.233 e. The average molecular weight is 474 g/mol. The molecule has 1 saturated heterocycles. The summed E-state index contributed by atoms with van der Waals surface area (Å²) in [6.45, 7) is 3.75. The number of benzene rings is 1. The zero-order chi connectivity index (χ0) is 23.9. The van der Waals surface area contributed by atoms with Crippen LogP contribution >= 0.6 is 0 Å². The lowest BCUT2D eigenvalue weighted by atomic mass is 9.86. The minimum Gasteiger partial charge on any atom is -0.494 e. The first kappa shape index (κ1) is 24.4. The maximum Gasteiger partial charge on any atom is 0.233 e. The number of halogens is 1. The van der Waals surface area contributed by atoms with Gasteiger partial charge in [-0.1, -0.05) is 19.8 Å². The Morgan fingerprint density at radius 3 is 2.62 bits per heavy atom. The van der Waals surface area contributed by atoms with Gasteiger partial charge in [-0.05, 0) is 50.8 Å². The second-order valence-electron chi connectivity index (χ2n) is 9.14. The Labute approximate surface area is 200 Å². The van der Waals surface area contributed by atoms with E-state index in [1.54, 1.807) is 12.1 Å². The molecule has 1 aliphatic carbocycles. The van der Waals surface area contributed by atoms with Crippen LogP contribution in [0.15, 0.2) is 18.2 Å². The molecule has 2 aromatic rings. The van der Waals surface area contributed by atoms with Gasteiger partial charge < -0.3 is 31.1 Å². The van der Waals surface area contributed by atoms with E-state index in [2.05, 4.69) is 43.1 Å². The molecule has 4 atom stereocenters. The standard InChI is InChI=1S/C24H36FN7O2/c1-3-18(19-8-6-12-26-19)29-24-31-22(27-14-15-7-4-5-9-20(15)33)30-23(32-24)28-16-10-11-21(34-2)17(25)13-16/h10-11,13,15,18-20,26,33H,3-9,12,14H2,1-2H3,(H3,27,28,29,30,31,32). The monoisotopic (exact) mass is 473 g/mol. The summed E-state index contributed by atoms with van der Waals surface area (Å²) in [5, 5.41) is 23.7. The van der Waals surface area contributed by atoms with E-state index in [4.69, 9.17) is 4.74 Å². The number of rotatable bonds is 10. The van der Waals surface area contributed by atoms with Crippen molar-refractivity contribution in [1.29, 1.82) is 0 Å². The zero-order valence-corrected chi connectivity index (χ0v) is 20.0. The Morgan fingerprint density at radius 2 is 1.91 bits per heavy atom. The van der Waals surface area contributed by atoms with Crippen LogP contribution in [0.3, 0.4) is 0 Å². The van der Waals surface area contributed by atoms with Gasteiger partial charge >= 0.3 is 0 Å². The highest BCUT2D eigenvalue weighted by molar-refractivity contribution is 5.57. The van der Waals surface area contributed by atoms with Crippen molar-refractivity contribution in [2.24, 2.45) is 5.92 Å². The molecule has 2 heterocycles. The van der Waals surface area contributed by atoms with Gasteiger partial charge in [-0.25, -0.2) is 4.39 Å². The summed E-state index contributed by atoms with van der Waals surface area (Å²) in [4.78, 5) is 13.7. The number of ether oxygens (including phenoxy) is 1. The van der Waals surface area contributed by atoms with Crippen LogP contribution in [-0.2, 0) is 0 Å². The van der Waals surface area contributed by atoms with Crippen molar-refractivity contribution in [3.8, 4) is 5.75 Å². The number of aromatic nitrogens is 3. The van der Waals surface area contributed by atoms with E-state index in [0.717, 1.165) is 51.5 Å². The van der Waals surface area contributed by atoms with E-state index in [0.29, 0.717) is 36.1 Å². The molecule has 0 bridgehead atoms. The summed E-state index contributed by atoms with van der Waals surface area (Å²) in [7, 11) is 1.43. The Bertz CT molecular complexity index is 942. The SMILES string of the molecule is CCC(Nc1nc(NCC2CCCCC2O)nc(Nc2ccc(OC)c(F)c2)n1)C1CCCN1. The van der Waals surface area contributed by atoms with Gasteiger partial charge in [0, 0.05) is 36.3 Å². The molecule has 1 aliphatic heterocycles. The van der Waals surface area contributed by atoms with Gasteiger partial charge in [0.1, 0.15) is 0 Å². The number of aliphatic hydroxyl groups is 1. The van der Waals surface area contributed by atoms with Gasteiger partial charge in [-0.3, -0.25) is 0 Å². The lowest BCUT2D eigenvalue weighted by Crippen LogP contribution is -2.40. The number of nitrogens with zero attached hydrogens (tertiary/aromatic N) is 3. The fourth-order valence-electron chi connectivity index (χ4n) is 4.81. The summed E-state index contributed by atoms with van der Waals surface area (Å²) in [6.07, 6.45) is 6.88. The van der Waals surface area contributed by atoms with E-state index < -0.39 is 5.82 Å². The first-order valence-corrected chi connectivity index (χ1v) is 12.3. The highest BCUT2D eigenvalue weighted by Crippen LogP contribution is 2.26. The third-order valence-electron chi connectivity index (χ3n) is 6.77. The topological polar surface area (TPSA) is 116 Å². The minimum atomic E-state index is -0.470. The first-order valence-electron chi connectivity index (χ1n) is 12.3. The van der Waals surface area contributed by atoms with Crippen molar-refractivity contribution in [1.82, 2.24) is 20.3 Å². The molecule has 2 fully saturated rings. The fourth-order valence-corrected chi connectivity index (χ4v) is 4.81. The quantitative estimate of drug-likeness (QED) is 0.352. The average Bonchev–Trinajstić information content (AvgIpc) is 3.37. The van der Waals surface area contributed by atoms with Crippen LogP contribution in [0.2, 0.25) is 0 Å². The summed E-state index contributed by atoms with van der Waals surface area (Å²) >= 11 is 0. The van der Waals surface area contributed by atoms with Crippen molar-refractivity contribution in [2.75, 3.05) is 36.1 Å². The molecule has 5 N–H and O–H groups in total. The lowest BCUT2D eigenvalue weighted by Gasteiger charge is -2.27. The molecule has 186 valence electrons. The van der Waals surface area contributed by atoms with E-state index in [9.17, 15) is 9.50 Å². The normalized spacial score (nSPS) is 23.4. The second-order valence-corrected chi connectivity index (χ2v) is 9.14.